The normalized spacial score (nSPS) is 15.6. The molecule has 0 atom stereocenters. The summed E-state index contributed by atoms with van der Waals surface area (Å²) in [6, 6.07) is 12.2. The number of para-hydroxylation sites is 1. The first kappa shape index (κ1) is 17.7. The molecule has 7 heteroatoms. The number of piperazine rings is 1. The van der Waals surface area contributed by atoms with E-state index in [1.54, 1.807) is 10.8 Å². The van der Waals surface area contributed by atoms with E-state index < -0.39 is 0 Å². The summed E-state index contributed by atoms with van der Waals surface area (Å²) in [7, 11) is 0. The van der Waals surface area contributed by atoms with Crippen LogP contribution in [0.4, 0.5) is 5.69 Å². The second kappa shape index (κ2) is 7.92. The van der Waals surface area contributed by atoms with Crippen molar-refractivity contribution in [3.05, 3.63) is 48.4 Å². The first-order valence-corrected chi connectivity index (χ1v) is 9.57. The third-order valence-corrected chi connectivity index (χ3v) is 4.99. The van der Waals surface area contributed by atoms with Crippen LogP contribution in [-0.2, 0) is 0 Å². The van der Waals surface area contributed by atoms with Crippen molar-refractivity contribution in [2.45, 2.75) is 19.8 Å². The summed E-state index contributed by atoms with van der Waals surface area (Å²) in [6.07, 6.45) is 1.68. The standard InChI is InChI=1S/C20H26N6O/c1-16(2)18-14-19(20-22-21-15-26(20)23-18)25-10-8-24(9-11-25)12-13-27-17-6-4-3-5-7-17/h3-7,14-16H,8-13H2,1-2H3. The molecular formula is C20H26N6O. The molecule has 1 fully saturated rings. The van der Waals surface area contributed by atoms with Crippen LogP contribution in [0.3, 0.4) is 0 Å². The Kier molecular flexibility index (Phi) is 5.20. The Bertz CT molecular complexity index is 871. The van der Waals surface area contributed by atoms with Crippen molar-refractivity contribution < 1.29 is 4.74 Å². The Morgan fingerprint density at radius 2 is 1.85 bits per heavy atom. The fourth-order valence-corrected chi connectivity index (χ4v) is 3.37. The van der Waals surface area contributed by atoms with Gasteiger partial charge in [-0.05, 0) is 24.1 Å². The van der Waals surface area contributed by atoms with Gasteiger partial charge in [0.1, 0.15) is 18.7 Å². The molecule has 1 aromatic carbocycles. The van der Waals surface area contributed by atoms with Gasteiger partial charge >= 0.3 is 0 Å². The number of hydrogen-bond acceptors (Lipinski definition) is 6. The molecular weight excluding hydrogens is 340 g/mol. The Morgan fingerprint density at radius 1 is 1.07 bits per heavy atom. The van der Waals surface area contributed by atoms with Crippen molar-refractivity contribution >= 4 is 11.3 Å². The maximum atomic E-state index is 5.82. The molecule has 1 aliphatic rings. The van der Waals surface area contributed by atoms with E-state index >= 15 is 0 Å². The molecule has 3 heterocycles. The highest BCUT2D eigenvalue weighted by atomic mass is 16.5. The van der Waals surface area contributed by atoms with Crippen LogP contribution in [0.25, 0.3) is 5.65 Å². The number of hydrogen-bond donors (Lipinski definition) is 0. The average Bonchev–Trinajstić information content (AvgIpc) is 3.17. The van der Waals surface area contributed by atoms with E-state index in [4.69, 9.17) is 4.74 Å². The van der Waals surface area contributed by atoms with E-state index in [-0.39, 0.29) is 0 Å². The fourth-order valence-electron chi connectivity index (χ4n) is 3.37. The summed E-state index contributed by atoms with van der Waals surface area (Å²) in [6.45, 7) is 9.93. The lowest BCUT2D eigenvalue weighted by Gasteiger charge is -2.36. The molecule has 7 nitrogen and oxygen atoms in total. The van der Waals surface area contributed by atoms with E-state index in [1.165, 1.54) is 0 Å². The summed E-state index contributed by atoms with van der Waals surface area (Å²) >= 11 is 0. The SMILES string of the molecule is CC(C)c1cc(N2CCN(CCOc3ccccc3)CC2)c2nncn2n1. The Hall–Kier alpha value is -2.67. The van der Waals surface area contributed by atoms with Gasteiger partial charge in [0.25, 0.3) is 0 Å². The molecule has 0 unspecified atom stereocenters. The number of anilines is 1. The first-order valence-electron chi connectivity index (χ1n) is 9.57. The van der Waals surface area contributed by atoms with Crippen LogP contribution in [0.2, 0.25) is 0 Å². The van der Waals surface area contributed by atoms with Crippen molar-refractivity contribution in [2.75, 3.05) is 44.2 Å². The summed E-state index contributed by atoms with van der Waals surface area (Å²) in [5.74, 6) is 1.30. The molecule has 27 heavy (non-hydrogen) atoms. The van der Waals surface area contributed by atoms with E-state index in [0.29, 0.717) is 12.5 Å². The Labute approximate surface area is 159 Å². The van der Waals surface area contributed by atoms with Gasteiger partial charge < -0.3 is 9.64 Å². The van der Waals surface area contributed by atoms with Crippen LogP contribution >= 0.6 is 0 Å². The summed E-state index contributed by atoms with van der Waals surface area (Å²) in [5.41, 5.74) is 3.03. The zero-order valence-corrected chi connectivity index (χ0v) is 16.0. The van der Waals surface area contributed by atoms with Gasteiger partial charge in [0.2, 0.25) is 5.65 Å². The van der Waals surface area contributed by atoms with E-state index in [1.807, 2.05) is 30.3 Å². The predicted molar refractivity (Wildman–Crippen MR) is 105 cm³/mol. The number of fused-ring (bicyclic) bond motifs is 1. The van der Waals surface area contributed by atoms with Crippen molar-refractivity contribution in [1.29, 1.82) is 0 Å². The third kappa shape index (κ3) is 4.03. The Morgan fingerprint density at radius 3 is 2.59 bits per heavy atom. The maximum absolute atomic E-state index is 5.82. The molecule has 0 N–H and O–H groups in total. The molecule has 4 rings (SSSR count). The minimum absolute atomic E-state index is 0.368. The van der Waals surface area contributed by atoms with E-state index in [0.717, 1.165) is 55.5 Å². The quantitative estimate of drug-likeness (QED) is 0.668. The smallest absolute Gasteiger partial charge is 0.200 e. The molecule has 0 amide bonds. The van der Waals surface area contributed by atoms with Crippen LogP contribution in [-0.4, -0.2) is 64.0 Å². The average molecular weight is 366 g/mol. The zero-order chi connectivity index (χ0) is 18.6. The molecule has 0 spiro atoms. The van der Waals surface area contributed by atoms with Gasteiger partial charge in [-0.25, -0.2) is 0 Å². The van der Waals surface area contributed by atoms with Crippen LogP contribution in [0, 0.1) is 0 Å². The lowest BCUT2D eigenvalue weighted by Crippen LogP contribution is -2.47. The molecule has 2 aromatic heterocycles. The highest BCUT2D eigenvalue weighted by molar-refractivity contribution is 5.68. The van der Waals surface area contributed by atoms with Gasteiger partial charge in [0.05, 0.1) is 11.4 Å². The largest absolute Gasteiger partial charge is 0.492 e. The number of ether oxygens (including phenoxy) is 1. The van der Waals surface area contributed by atoms with E-state index in [2.05, 4.69) is 45.0 Å². The molecule has 0 aliphatic carbocycles. The van der Waals surface area contributed by atoms with Gasteiger partial charge in [-0.2, -0.15) is 9.61 Å². The highest BCUT2D eigenvalue weighted by Gasteiger charge is 2.21. The molecule has 1 aliphatic heterocycles. The molecule has 0 saturated carbocycles. The lowest BCUT2D eigenvalue weighted by molar-refractivity contribution is 0.200. The third-order valence-electron chi connectivity index (χ3n) is 4.99. The van der Waals surface area contributed by atoms with Crippen molar-refractivity contribution in [2.24, 2.45) is 0 Å². The monoisotopic (exact) mass is 366 g/mol. The number of rotatable bonds is 6. The van der Waals surface area contributed by atoms with Crippen LogP contribution in [0.5, 0.6) is 5.75 Å². The Balaban J connectivity index is 1.36. The zero-order valence-electron chi connectivity index (χ0n) is 16.0. The van der Waals surface area contributed by atoms with Crippen molar-refractivity contribution in [3.63, 3.8) is 0 Å². The number of nitrogens with zero attached hydrogens (tertiary/aromatic N) is 6. The molecule has 142 valence electrons. The highest BCUT2D eigenvalue weighted by Crippen LogP contribution is 2.24. The minimum Gasteiger partial charge on any atom is -0.492 e. The summed E-state index contributed by atoms with van der Waals surface area (Å²) in [5, 5.41) is 12.9. The van der Waals surface area contributed by atoms with Gasteiger partial charge in [-0.3, -0.25) is 4.90 Å². The van der Waals surface area contributed by atoms with Gasteiger partial charge in [-0.15, -0.1) is 10.2 Å². The number of benzene rings is 1. The van der Waals surface area contributed by atoms with Crippen LogP contribution in [0.1, 0.15) is 25.5 Å². The lowest BCUT2D eigenvalue weighted by atomic mass is 10.1. The summed E-state index contributed by atoms with van der Waals surface area (Å²) in [4.78, 5) is 4.84. The minimum atomic E-state index is 0.368. The predicted octanol–water partition coefficient (Wildman–Crippen LogP) is 2.45. The molecule has 1 saturated heterocycles. The maximum Gasteiger partial charge on any atom is 0.200 e. The molecule has 0 radical (unpaired) electrons. The summed E-state index contributed by atoms with van der Waals surface area (Å²) < 4.78 is 7.62. The first-order chi connectivity index (χ1) is 13.2. The van der Waals surface area contributed by atoms with Gasteiger partial charge in [0, 0.05) is 32.7 Å². The fraction of sp³-hybridized carbons (Fsp3) is 0.450. The van der Waals surface area contributed by atoms with E-state index in [9.17, 15) is 0 Å². The van der Waals surface area contributed by atoms with Gasteiger partial charge in [-0.1, -0.05) is 32.0 Å². The second-order valence-corrected chi connectivity index (χ2v) is 7.20. The molecule has 3 aromatic rings. The molecule has 0 bridgehead atoms. The van der Waals surface area contributed by atoms with Crippen LogP contribution < -0.4 is 9.64 Å². The van der Waals surface area contributed by atoms with Crippen molar-refractivity contribution in [3.8, 4) is 5.75 Å². The van der Waals surface area contributed by atoms with Gasteiger partial charge in [0.15, 0.2) is 0 Å². The van der Waals surface area contributed by atoms with Crippen molar-refractivity contribution in [1.82, 2.24) is 24.7 Å². The second-order valence-electron chi connectivity index (χ2n) is 7.20. The van der Waals surface area contributed by atoms with Crippen LogP contribution in [0.15, 0.2) is 42.7 Å². The number of aromatic nitrogens is 4. The topological polar surface area (TPSA) is 58.8 Å².